The number of aromatic hydroxyl groups is 1. The van der Waals surface area contributed by atoms with E-state index >= 15 is 0 Å². The average molecular weight is 360 g/mol. The van der Waals surface area contributed by atoms with E-state index in [1.807, 2.05) is 26.0 Å². The predicted octanol–water partition coefficient (Wildman–Crippen LogP) is 3.80. The molecular weight excluding hydrogens is 328 g/mol. The van der Waals surface area contributed by atoms with Crippen molar-refractivity contribution in [2.24, 2.45) is 0 Å². The largest absolute Gasteiger partial charge is 0.507 e. The molecule has 0 aromatic heterocycles. The van der Waals surface area contributed by atoms with Crippen LogP contribution in [0.3, 0.4) is 0 Å². The Morgan fingerprint density at radius 2 is 1.77 bits per heavy atom. The lowest BCUT2D eigenvalue weighted by molar-refractivity contribution is 0.197. The van der Waals surface area contributed by atoms with Crippen molar-refractivity contribution in [3.63, 3.8) is 0 Å². The molecule has 1 aromatic carbocycles. The monoisotopic (exact) mass is 360 g/mol. The second kappa shape index (κ2) is 11.0. The first-order valence-electron chi connectivity index (χ1n) is 9.11. The van der Waals surface area contributed by atoms with Crippen LogP contribution in [0, 0.1) is 13.8 Å². The number of hydrogen-bond donors (Lipinski definition) is 4. The van der Waals surface area contributed by atoms with Crippen LogP contribution in [0.15, 0.2) is 41.5 Å². The van der Waals surface area contributed by atoms with Crippen LogP contribution in [0.25, 0.3) is 6.08 Å². The molecule has 26 heavy (non-hydrogen) atoms. The summed E-state index contributed by atoms with van der Waals surface area (Å²) in [6.45, 7) is 9.18. The van der Waals surface area contributed by atoms with Crippen LogP contribution in [-0.4, -0.2) is 39.7 Å². The number of aliphatic hydroxyl groups excluding tert-OH is 3. The van der Waals surface area contributed by atoms with Gasteiger partial charge in [-0.25, -0.2) is 0 Å². The second-order valence-electron chi connectivity index (χ2n) is 6.71. The molecule has 1 aromatic rings. The number of phenolic OH excluding ortho intramolecular Hbond substituents is 1. The van der Waals surface area contributed by atoms with Crippen LogP contribution in [0.2, 0.25) is 0 Å². The van der Waals surface area contributed by atoms with Crippen molar-refractivity contribution in [1.82, 2.24) is 0 Å². The van der Waals surface area contributed by atoms with E-state index in [2.05, 4.69) is 19.6 Å². The Labute approximate surface area is 156 Å². The minimum atomic E-state index is -0.773. The molecular formula is C22H32O4. The Balaban J connectivity index is 2.94. The Morgan fingerprint density at radius 1 is 1.15 bits per heavy atom. The van der Waals surface area contributed by atoms with Crippen molar-refractivity contribution in [3.05, 3.63) is 58.2 Å². The number of benzene rings is 1. The van der Waals surface area contributed by atoms with E-state index in [4.69, 9.17) is 5.11 Å². The molecule has 144 valence electrons. The fourth-order valence-electron chi connectivity index (χ4n) is 3.08. The Morgan fingerprint density at radius 3 is 2.27 bits per heavy atom. The van der Waals surface area contributed by atoms with Gasteiger partial charge in [-0.1, -0.05) is 37.6 Å². The van der Waals surface area contributed by atoms with Gasteiger partial charge in [0.05, 0.1) is 19.3 Å². The molecule has 0 saturated heterocycles. The molecule has 4 heteroatoms. The van der Waals surface area contributed by atoms with E-state index in [0.29, 0.717) is 29.7 Å². The van der Waals surface area contributed by atoms with Gasteiger partial charge >= 0.3 is 0 Å². The highest BCUT2D eigenvalue weighted by Crippen LogP contribution is 2.26. The van der Waals surface area contributed by atoms with Crippen LogP contribution in [0.1, 0.15) is 49.3 Å². The maximum atomic E-state index is 10.4. The van der Waals surface area contributed by atoms with Gasteiger partial charge in [-0.05, 0) is 73.1 Å². The molecule has 4 N–H and O–H groups in total. The van der Waals surface area contributed by atoms with E-state index < -0.39 is 6.10 Å². The summed E-state index contributed by atoms with van der Waals surface area (Å²) < 4.78 is 0. The first-order chi connectivity index (χ1) is 12.3. The lowest BCUT2D eigenvalue weighted by Crippen LogP contribution is -2.14. The van der Waals surface area contributed by atoms with Gasteiger partial charge in [-0.15, -0.1) is 0 Å². The summed E-state index contributed by atoms with van der Waals surface area (Å²) >= 11 is 0. The zero-order chi connectivity index (χ0) is 19.7. The predicted molar refractivity (Wildman–Crippen MR) is 107 cm³/mol. The van der Waals surface area contributed by atoms with E-state index in [9.17, 15) is 15.3 Å². The molecule has 0 aliphatic carbocycles. The van der Waals surface area contributed by atoms with E-state index in [-0.39, 0.29) is 13.2 Å². The van der Waals surface area contributed by atoms with Crippen molar-refractivity contribution < 1.29 is 20.4 Å². The molecule has 0 amide bonds. The highest BCUT2D eigenvalue weighted by molar-refractivity contribution is 5.58. The van der Waals surface area contributed by atoms with Crippen molar-refractivity contribution in [3.8, 4) is 5.75 Å². The molecule has 1 unspecified atom stereocenters. The standard InChI is InChI=1S/C22H32O4/c1-5-6-18(13-19-11-15(2)22(26)16(3)12-19)7-8-21(25)20(9-10-23)17(4)14-24/h9,11-13,21,23-26H,4-8,10,14H2,1-3H3/b18-13+,20-9-. The van der Waals surface area contributed by atoms with Gasteiger partial charge in [-0.2, -0.15) is 0 Å². The molecule has 0 saturated carbocycles. The third kappa shape index (κ3) is 6.45. The highest BCUT2D eigenvalue weighted by Gasteiger charge is 2.14. The Hall–Kier alpha value is -1.88. The summed E-state index contributed by atoms with van der Waals surface area (Å²) in [7, 11) is 0. The summed E-state index contributed by atoms with van der Waals surface area (Å²) in [6.07, 6.45) is 5.96. The van der Waals surface area contributed by atoms with Gasteiger partial charge in [0.1, 0.15) is 5.75 Å². The Bertz CT molecular complexity index is 648. The van der Waals surface area contributed by atoms with Gasteiger partial charge in [-0.3, -0.25) is 0 Å². The van der Waals surface area contributed by atoms with E-state index in [1.54, 1.807) is 0 Å². The Kier molecular flexibility index (Phi) is 9.35. The quantitative estimate of drug-likeness (QED) is 0.479. The van der Waals surface area contributed by atoms with E-state index in [1.165, 1.54) is 11.6 Å². The van der Waals surface area contributed by atoms with Gasteiger partial charge in [0.25, 0.3) is 0 Å². The minimum Gasteiger partial charge on any atom is -0.507 e. The molecule has 0 aliphatic heterocycles. The van der Waals surface area contributed by atoms with Crippen molar-refractivity contribution >= 4 is 6.08 Å². The zero-order valence-electron chi connectivity index (χ0n) is 16.1. The normalized spacial score (nSPS) is 13.8. The number of rotatable bonds is 10. The zero-order valence-corrected chi connectivity index (χ0v) is 16.1. The number of aliphatic hydroxyl groups is 3. The molecule has 0 heterocycles. The molecule has 1 atom stereocenters. The number of phenols is 1. The van der Waals surface area contributed by atoms with Crippen LogP contribution >= 0.6 is 0 Å². The SMILES string of the molecule is C=C(CO)/C(=C/CO)C(O)CC/C(=C/c1cc(C)c(O)c(C)c1)CCC. The second-order valence-corrected chi connectivity index (χ2v) is 6.71. The lowest BCUT2D eigenvalue weighted by atomic mass is 9.94. The van der Waals surface area contributed by atoms with Crippen LogP contribution < -0.4 is 0 Å². The summed E-state index contributed by atoms with van der Waals surface area (Å²) in [5, 5.41) is 38.7. The van der Waals surface area contributed by atoms with Gasteiger partial charge in [0.15, 0.2) is 0 Å². The molecule has 0 spiro atoms. The van der Waals surface area contributed by atoms with Gasteiger partial charge < -0.3 is 20.4 Å². The smallest absolute Gasteiger partial charge is 0.121 e. The maximum absolute atomic E-state index is 10.4. The third-order valence-electron chi connectivity index (χ3n) is 4.46. The van der Waals surface area contributed by atoms with Crippen LogP contribution in [0.4, 0.5) is 0 Å². The molecule has 1 rings (SSSR count). The number of hydrogen-bond acceptors (Lipinski definition) is 4. The minimum absolute atomic E-state index is 0.199. The summed E-state index contributed by atoms with van der Waals surface area (Å²) in [6, 6.07) is 3.91. The highest BCUT2D eigenvalue weighted by atomic mass is 16.3. The van der Waals surface area contributed by atoms with Crippen molar-refractivity contribution in [2.75, 3.05) is 13.2 Å². The van der Waals surface area contributed by atoms with Crippen LogP contribution in [-0.2, 0) is 0 Å². The number of allylic oxidation sites excluding steroid dienone is 1. The molecule has 0 aliphatic rings. The number of aryl methyl sites for hydroxylation is 2. The van der Waals surface area contributed by atoms with Gasteiger partial charge in [0.2, 0.25) is 0 Å². The first kappa shape index (κ1) is 22.2. The van der Waals surface area contributed by atoms with Crippen LogP contribution in [0.5, 0.6) is 5.75 Å². The fraction of sp³-hybridized carbons (Fsp3) is 0.455. The molecule has 0 bridgehead atoms. The summed E-state index contributed by atoms with van der Waals surface area (Å²) in [4.78, 5) is 0. The van der Waals surface area contributed by atoms with Gasteiger partial charge in [0, 0.05) is 0 Å². The fourth-order valence-corrected chi connectivity index (χ4v) is 3.08. The topological polar surface area (TPSA) is 80.9 Å². The molecule has 0 radical (unpaired) electrons. The first-order valence-corrected chi connectivity index (χ1v) is 9.11. The lowest BCUT2D eigenvalue weighted by Gasteiger charge is -2.17. The van der Waals surface area contributed by atoms with E-state index in [0.717, 1.165) is 29.5 Å². The average Bonchev–Trinajstić information content (AvgIpc) is 2.61. The molecule has 4 nitrogen and oxygen atoms in total. The summed E-state index contributed by atoms with van der Waals surface area (Å²) in [5.74, 6) is 0.330. The maximum Gasteiger partial charge on any atom is 0.121 e. The third-order valence-corrected chi connectivity index (χ3v) is 4.46. The summed E-state index contributed by atoms with van der Waals surface area (Å²) in [5.41, 5.74) is 4.88. The molecule has 0 fully saturated rings. The van der Waals surface area contributed by atoms with Crippen molar-refractivity contribution in [1.29, 1.82) is 0 Å². The van der Waals surface area contributed by atoms with Crippen molar-refractivity contribution in [2.45, 2.75) is 52.6 Å².